The summed E-state index contributed by atoms with van der Waals surface area (Å²) in [4.78, 5) is 38.5. The fraction of sp³-hybridized carbons (Fsp3) is 0.312. The molecule has 2 aliphatic heterocycles. The van der Waals surface area contributed by atoms with E-state index >= 15 is 0 Å². The molecule has 40 heavy (non-hydrogen) atoms. The van der Waals surface area contributed by atoms with Gasteiger partial charge in [0.05, 0.1) is 5.52 Å². The maximum Gasteiger partial charge on any atom is 0.255 e. The molecule has 3 heterocycles. The summed E-state index contributed by atoms with van der Waals surface area (Å²) >= 11 is 0. The van der Waals surface area contributed by atoms with Gasteiger partial charge in [0, 0.05) is 48.0 Å². The van der Waals surface area contributed by atoms with Crippen molar-refractivity contribution in [1.82, 2.24) is 14.9 Å². The Hall–Kier alpha value is -4.30. The number of carbonyl (C=O) groups excluding carboxylic acids is 2. The topological polar surface area (TPSA) is 90.5 Å². The van der Waals surface area contributed by atoms with E-state index in [1.807, 2.05) is 55.6 Å². The van der Waals surface area contributed by atoms with Gasteiger partial charge >= 0.3 is 0 Å². The highest BCUT2D eigenvalue weighted by molar-refractivity contribution is 6.05. The quantitative estimate of drug-likeness (QED) is 0.362. The van der Waals surface area contributed by atoms with Crippen LogP contribution in [-0.2, 0) is 11.2 Å². The normalized spacial score (nSPS) is 15.7. The number of rotatable bonds is 5. The van der Waals surface area contributed by atoms with Crippen molar-refractivity contribution in [3.63, 3.8) is 0 Å². The van der Waals surface area contributed by atoms with Crippen molar-refractivity contribution in [1.29, 1.82) is 0 Å². The minimum absolute atomic E-state index is 0.0349. The molecule has 2 N–H and O–H groups in total. The SMILES string of the molecule is CC(=O)N1CCc2cc(NC(=O)c3ccc(C)c(-c4ccc5nc(NC6CCN(C)CC6)ncc5c4)c3)ccc21. The van der Waals surface area contributed by atoms with Crippen LogP contribution < -0.4 is 15.5 Å². The molecule has 204 valence electrons. The summed E-state index contributed by atoms with van der Waals surface area (Å²) in [5, 5.41) is 7.49. The van der Waals surface area contributed by atoms with E-state index in [0.717, 1.165) is 76.9 Å². The molecule has 3 aromatic carbocycles. The zero-order valence-electron chi connectivity index (χ0n) is 23.2. The summed E-state index contributed by atoms with van der Waals surface area (Å²) in [7, 11) is 2.16. The van der Waals surface area contributed by atoms with Crippen molar-refractivity contribution in [3.05, 3.63) is 77.5 Å². The highest BCUT2D eigenvalue weighted by atomic mass is 16.2. The standard InChI is InChI=1S/C32H34N6O2/c1-20-4-5-24(31(40)34-27-7-9-30-23(17-27)10-15-38(30)21(2)39)18-28(20)22-6-8-29-25(16-22)19-33-32(36-29)35-26-11-13-37(3)14-12-26/h4-9,16-19,26H,10-15H2,1-3H3,(H,34,40)(H,33,35,36). The molecular weight excluding hydrogens is 500 g/mol. The summed E-state index contributed by atoms with van der Waals surface area (Å²) in [5.74, 6) is 0.536. The molecule has 1 aromatic heterocycles. The van der Waals surface area contributed by atoms with Gasteiger partial charge in [-0.1, -0.05) is 12.1 Å². The van der Waals surface area contributed by atoms with Crippen LogP contribution in [0.3, 0.4) is 0 Å². The summed E-state index contributed by atoms with van der Waals surface area (Å²) in [6, 6.07) is 18.1. The van der Waals surface area contributed by atoms with Crippen molar-refractivity contribution in [2.75, 3.05) is 42.2 Å². The highest BCUT2D eigenvalue weighted by Gasteiger charge is 2.23. The van der Waals surface area contributed by atoms with E-state index in [1.54, 1.807) is 11.8 Å². The number of likely N-dealkylation sites (tertiary alicyclic amines) is 1. The fourth-order valence-corrected chi connectivity index (χ4v) is 5.69. The zero-order valence-corrected chi connectivity index (χ0v) is 23.2. The Bertz CT molecular complexity index is 1610. The lowest BCUT2D eigenvalue weighted by Crippen LogP contribution is -2.37. The number of nitrogens with zero attached hydrogens (tertiary/aromatic N) is 4. The molecule has 0 atom stereocenters. The first-order valence-electron chi connectivity index (χ1n) is 13.9. The van der Waals surface area contributed by atoms with Gasteiger partial charge in [-0.05, 0) is 111 Å². The van der Waals surface area contributed by atoms with Crippen molar-refractivity contribution in [2.24, 2.45) is 0 Å². The lowest BCUT2D eigenvalue weighted by molar-refractivity contribution is -0.116. The minimum atomic E-state index is -0.170. The molecule has 6 rings (SSSR count). The molecule has 0 spiro atoms. The van der Waals surface area contributed by atoms with E-state index in [0.29, 0.717) is 24.1 Å². The second-order valence-electron chi connectivity index (χ2n) is 10.9. The van der Waals surface area contributed by atoms with E-state index in [-0.39, 0.29) is 11.8 Å². The first-order chi connectivity index (χ1) is 19.3. The van der Waals surface area contributed by atoms with E-state index in [1.165, 1.54) is 0 Å². The number of anilines is 3. The molecule has 0 unspecified atom stereocenters. The summed E-state index contributed by atoms with van der Waals surface area (Å²) < 4.78 is 0. The number of benzene rings is 3. The number of nitrogens with one attached hydrogen (secondary N) is 2. The van der Waals surface area contributed by atoms with E-state index < -0.39 is 0 Å². The zero-order chi connectivity index (χ0) is 27.8. The summed E-state index contributed by atoms with van der Waals surface area (Å²) in [5.41, 5.74) is 7.29. The van der Waals surface area contributed by atoms with Gasteiger partial charge in [-0.15, -0.1) is 0 Å². The first kappa shape index (κ1) is 26.0. The number of piperidine rings is 1. The van der Waals surface area contributed by atoms with Crippen molar-refractivity contribution in [3.8, 4) is 11.1 Å². The van der Waals surface area contributed by atoms with Crippen LogP contribution in [0, 0.1) is 6.92 Å². The van der Waals surface area contributed by atoms with Crippen LogP contribution in [0.15, 0.2) is 60.8 Å². The molecule has 2 amide bonds. The average molecular weight is 535 g/mol. The van der Waals surface area contributed by atoms with Crippen LogP contribution in [-0.4, -0.2) is 59.4 Å². The molecule has 2 aliphatic rings. The van der Waals surface area contributed by atoms with Crippen molar-refractivity contribution < 1.29 is 9.59 Å². The Morgan fingerprint density at radius 3 is 2.60 bits per heavy atom. The van der Waals surface area contributed by atoms with E-state index in [4.69, 9.17) is 4.98 Å². The van der Waals surface area contributed by atoms with Crippen LogP contribution in [0.2, 0.25) is 0 Å². The molecular formula is C32H34N6O2. The molecule has 1 saturated heterocycles. The van der Waals surface area contributed by atoms with Crippen molar-refractivity contribution >= 4 is 40.0 Å². The molecule has 4 aromatic rings. The second kappa shape index (κ2) is 10.7. The van der Waals surface area contributed by atoms with E-state index in [2.05, 4.69) is 39.7 Å². The Kier molecular flexibility index (Phi) is 6.94. The maximum absolute atomic E-state index is 13.2. The Balaban J connectivity index is 1.19. The molecule has 0 radical (unpaired) electrons. The largest absolute Gasteiger partial charge is 0.351 e. The minimum Gasteiger partial charge on any atom is -0.351 e. The Morgan fingerprint density at radius 1 is 0.975 bits per heavy atom. The number of aromatic nitrogens is 2. The number of fused-ring (bicyclic) bond motifs is 2. The number of amides is 2. The number of aryl methyl sites for hydroxylation is 1. The van der Waals surface area contributed by atoms with E-state index in [9.17, 15) is 9.59 Å². The maximum atomic E-state index is 13.2. The van der Waals surface area contributed by atoms with Gasteiger partial charge in [0.2, 0.25) is 11.9 Å². The van der Waals surface area contributed by atoms with Gasteiger partial charge in [-0.2, -0.15) is 0 Å². The monoisotopic (exact) mass is 534 g/mol. The lowest BCUT2D eigenvalue weighted by atomic mass is 9.97. The van der Waals surface area contributed by atoms with Crippen LogP contribution >= 0.6 is 0 Å². The number of carbonyl (C=O) groups is 2. The Morgan fingerprint density at radius 2 is 1.80 bits per heavy atom. The third-order valence-corrected chi connectivity index (χ3v) is 8.06. The molecule has 0 aliphatic carbocycles. The van der Waals surface area contributed by atoms with Gasteiger partial charge in [0.1, 0.15) is 0 Å². The van der Waals surface area contributed by atoms with Gasteiger partial charge in [0.15, 0.2) is 0 Å². The third kappa shape index (κ3) is 5.27. The van der Waals surface area contributed by atoms with Crippen LogP contribution in [0.4, 0.5) is 17.3 Å². The summed E-state index contributed by atoms with van der Waals surface area (Å²) in [6.45, 7) is 6.47. The lowest BCUT2D eigenvalue weighted by Gasteiger charge is -2.29. The van der Waals surface area contributed by atoms with Crippen molar-refractivity contribution in [2.45, 2.75) is 39.2 Å². The smallest absolute Gasteiger partial charge is 0.255 e. The first-order valence-corrected chi connectivity index (χ1v) is 13.9. The van der Waals surface area contributed by atoms with Gasteiger partial charge in [-0.25, -0.2) is 9.97 Å². The molecule has 8 heteroatoms. The van der Waals surface area contributed by atoms with Crippen LogP contribution in [0.5, 0.6) is 0 Å². The highest BCUT2D eigenvalue weighted by Crippen LogP contribution is 2.31. The van der Waals surface area contributed by atoms with Gasteiger partial charge in [-0.3, -0.25) is 9.59 Å². The second-order valence-corrected chi connectivity index (χ2v) is 10.9. The average Bonchev–Trinajstić information content (AvgIpc) is 3.38. The molecule has 0 bridgehead atoms. The summed E-state index contributed by atoms with van der Waals surface area (Å²) in [6.07, 6.45) is 4.83. The number of hydrogen-bond donors (Lipinski definition) is 2. The molecule has 8 nitrogen and oxygen atoms in total. The molecule has 0 saturated carbocycles. The predicted molar refractivity (Wildman–Crippen MR) is 160 cm³/mol. The predicted octanol–water partition coefficient (Wildman–Crippen LogP) is 5.27. The van der Waals surface area contributed by atoms with Crippen LogP contribution in [0.25, 0.3) is 22.0 Å². The Labute approximate surface area is 234 Å². The van der Waals surface area contributed by atoms with Gasteiger partial charge in [0.25, 0.3) is 5.91 Å². The van der Waals surface area contributed by atoms with Gasteiger partial charge < -0.3 is 20.4 Å². The van der Waals surface area contributed by atoms with Crippen LogP contribution in [0.1, 0.15) is 41.3 Å². The number of hydrogen-bond acceptors (Lipinski definition) is 6. The molecule has 1 fully saturated rings. The fourth-order valence-electron chi connectivity index (χ4n) is 5.69. The third-order valence-electron chi connectivity index (χ3n) is 8.06.